The molecule has 0 aromatic heterocycles. The smallest absolute Gasteiger partial charge is 0.318 e. The molecule has 1 aromatic carbocycles. The standard InChI is InChI=1S/C11H11F2NO4S/c1-2-6-14(7-10(15)16)19(17,18)11-8(12)4-3-5-9(11)13/h2-5H,1,6-7H2,(H,15,16). The maximum atomic E-state index is 13.5. The summed E-state index contributed by atoms with van der Waals surface area (Å²) in [7, 11) is -4.59. The summed E-state index contributed by atoms with van der Waals surface area (Å²) >= 11 is 0. The molecule has 8 heteroatoms. The van der Waals surface area contributed by atoms with Crippen LogP contribution in [-0.4, -0.2) is 36.9 Å². The summed E-state index contributed by atoms with van der Waals surface area (Å²) < 4.78 is 51.4. The molecule has 0 amide bonds. The van der Waals surface area contributed by atoms with Gasteiger partial charge in [0, 0.05) is 6.54 Å². The largest absolute Gasteiger partial charge is 0.480 e. The van der Waals surface area contributed by atoms with Gasteiger partial charge >= 0.3 is 5.97 Å². The number of hydrogen-bond donors (Lipinski definition) is 1. The lowest BCUT2D eigenvalue weighted by atomic mass is 10.3. The lowest BCUT2D eigenvalue weighted by molar-refractivity contribution is -0.137. The Hall–Kier alpha value is -1.80. The molecule has 1 N–H and O–H groups in total. The summed E-state index contributed by atoms with van der Waals surface area (Å²) in [5.74, 6) is -4.00. The molecule has 0 bridgehead atoms. The number of halogens is 2. The number of nitrogens with zero attached hydrogens (tertiary/aromatic N) is 1. The summed E-state index contributed by atoms with van der Waals surface area (Å²) in [5, 5.41) is 8.63. The molecule has 0 heterocycles. The quantitative estimate of drug-likeness (QED) is 0.800. The van der Waals surface area contributed by atoms with Crippen LogP contribution in [0.4, 0.5) is 8.78 Å². The molecule has 5 nitrogen and oxygen atoms in total. The van der Waals surface area contributed by atoms with E-state index < -0.39 is 39.1 Å². The van der Waals surface area contributed by atoms with E-state index in [4.69, 9.17) is 5.11 Å². The van der Waals surface area contributed by atoms with Gasteiger partial charge in [0.05, 0.1) is 0 Å². The number of carboxylic acid groups (broad SMARTS) is 1. The molecule has 0 saturated heterocycles. The van der Waals surface area contributed by atoms with Crippen molar-refractivity contribution in [3.8, 4) is 0 Å². The first-order valence-corrected chi connectivity index (χ1v) is 6.51. The van der Waals surface area contributed by atoms with E-state index in [1.54, 1.807) is 0 Å². The fourth-order valence-electron chi connectivity index (χ4n) is 1.40. The highest BCUT2D eigenvalue weighted by molar-refractivity contribution is 7.89. The first-order chi connectivity index (χ1) is 8.80. The molecule has 19 heavy (non-hydrogen) atoms. The van der Waals surface area contributed by atoms with Gasteiger partial charge < -0.3 is 5.11 Å². The number of carboxylic acids is 1. The third-order valence-corrected chi connectivity index (χ3v) is 4.03. The Morgan fingerprint density at radius 3 is 2.32 bits per heavy atom. The van der Waals surface area contributed by atoms with E-state index in [2.05, 4.69) is 6.58 Å². The number of hydrogen-bond acceptors (Lipinski definition) is 3. The van der Waals surface area contributed by atoms with Crippen molar-refractivity contribution < 1.29 is 27.1 Å². The number of benzene rings is 1. The molecule has 0 spiro atoms. The van der Waals surface area contributed by atoms with Crippen LogP contribution in [0.1, 0.15) is 0 Å². The Bertz CT molecular complexity index is 580. The second kappa shape index (κ2) is 5.89. The zero-order chi connectivity index (χ0) is 14.6. The summed E-state index contributed by atoms with van der Waals surface area (Å²) in [6, 6.07) is 2.57. The van der Waals surface area contributed by atoms with Gasteiger partial charge in [-0.1, -0.05) is 12.1 Å². The van der Waals surface area contributed by atoms with Crippen molar-refractivity contribution in [2.45, 2.75) is 4.90 Å². The summed E-state index contributed by atoms with van der Waals surface area (Å²) in [6.07, 6.45) is 1.12. The van der Waals surface area contributed by atoms with Crippen LogP contribution in [0.15, 0.2) is 35.7 Å². The first-order valence-electron chi connectivity index (χ1n) is 5.07. The molecule has 1 aromatic rings. The lowest BCUT2D eigenvalue weighted by Gasteiger charge is -2.19. The van der Waals surface area contributed by atoms with E-state index in [1.165, 1.54) is 0 Å². The number of aliphatic carboxylic acids is 1. The number of sulfonamides is 1. The highest BCUT2D eigenvalue weighted by Crippen LogP contribution is 2.22. The average molecular weight is 291 g/mol. The topological polar surface area (TPSA) is 74.7 Å². The van der Waals surface area contributed by atoms with Crippen LogP contribution in [0, 0.1) is 11.6 Å². The third kappa shape index (κ3) is 3.36. The van der Waals surface area contributed by atoms with Crippen molar-refractivity contribution in [1.82, 2.24) is 4.31 Å². The highest BCUT2D eigenvalue weighted by atomic mass is 32.2. The van der Waals surface area contributed by atoms with Crippen molar-refractivity contribution in [1.29, 1.82) is 0 Å². The fourth-order valence-corrected chi connectivity index (χ4v) is 2.87. The monoisotopic (exact) mass is 291 g/mol. The zero-order valence-electron chi connectivity index (χ0n) is 9.71. The molecule has 0 saturated carbocycles. The minimum atomic E-state index is -4.59. The molecular weight excluding hydrogens is 280 g/mol. The SMILES string of the molecule is C=CCN(CC(=O)O)S(=O)(=O)c1c(F)cccc1F. The summed E-state index contributed by atoms with van der Waals surface area (Å²) in [5.41, 5.74) is 0. The first kappa shape index (κ1) is 15.3. The van der Waals surface area contributed by atoms with Crippen LogP contribution in [-0.2, 0) is 14.8 Å². The van der Waals surface area contributed by atoms with Crippen molar-refractivity contribution in [3.05, 3.63) is 42.5 Å². The fraction of sp³-hybridized carbons (Fsp3) is 0.182. The van der Waals surface area contributed by atoms with Crippen LogP contribution in [0.3, 0.4) is 0 Å². The van der Waals surface area contributed by atoms with Gasteiger partial charge in [0.1, 0.15) is 18.2 Å². The molecule has 0 fully saturated rings. The molecule has 0 aliphatic carbocycles. The van der Waals surface area contributed by atoms with E-state index in [9.17, 15) is 22.0 Å². The molecule has 1 rings (SSSR count). The van der Waals surface area contributed by atoms with Gasteiger partial charge in [0.2, 0.25) is 10.0 Å². The number of rotatable bonds is 6. The van der Waals surface area contributed by atoms with E-state index in [0.29, 0.717) is 4.31 Å². The maximum absolute atomic E-state index is 13.5. The van der Waals surface area contributed by atoms with E-state index in [1.807, 2.05) is 0 Å². The Morgan fingerprint density at radius 2 is 1.89 bits per heavy atom. The Labute approximate surface area is 108 Å². The molecule has 0 unspecified atom stereocenters. The van der Waals surface area contributed by atoms with Gasteiger partial charge in [0.15, 0.2) is 4.90 Å². The number of carbonyl (C=O) groups is 1. The molecule has 0 aliphatic heterocycles. The van der Waals surface area contributed by atoms with Crippen LogP contribution >= 0.6 is 0 Å². The van der Waals surface area contributed by atoms with Crippen molar-refractivity contribution >= 4 is 16.0 Å². The Balaban J connectivity index is 3.34. The summed E-state index contributed by atoms with van der Waals surface area (Å²) in [6.45, 7) is 1.99. The summed E-state index contributed by atoms with van der Waals surface area (Å²) in [4.78, 5) is 9.44. The molecule has 0 aliphatic rings. The van der Waals surface area contributed by atoms with E-state index >= 15 is 0 Å². The highest BCUT2D eigenvalue weighted by Gasteiger charge is 2.31. The molecule has 104 valence electrons. The van der Waals surface area contributed by atoms with Crippen LogP contribution in [0.2, 0.25) is 0 Å². The zero-order valence-corrected chi connectivity index (χ0v) is 10.5. The molecule has 0 atom stereocenters. The Morgan fingerprint density at radius 1 is 1.37 bits per heavy atom. The minimum absolute atomic E-state index is 0.373. The minimum Gasteiger partial charge on any atom is -0.480 e. The van der Waals surface area contributed by atoms with Crippen molar-refractivity contribution in [2.24, 2.45) is 0 Å². The second-order valence-electron chi connectivity index (χ2n) is 3.53. The van der Waals surface area contributed by atoms with Gasteiger partial charge in [-0.15, -0.1) is 6.58 Å². The predicted octanol–water partition coefficient (Wildman–Crippen LogP) is 1.23. The van der Waals surface area contributed by atoms with E-state index in [0.717, 1.165) is 24.3 Å². The van der Waals surface area contributed by atoms with Gasteiger partial charge in [0.25, 0.3) is 0 Å². The second-order valence-corrected chi connectivity index (χ2v) is 5.41. The molecule has 0 radical (unpaired) electrons. The average Bonchev–Trinajstić information content (AvgIpc) is 2.27. The van der Waals surface area contributed by atoms with Gasteiger partial charge in [-0.05, 0) is 12.1 Å². The van der Waals surface area contributed by atoms with Gasteiger partial charge in [-0.25, -0.2) is 17.2 Å². The van der Waals surface area contributed by atoms with Crippen molar-refractivity contribution in [3.63, 3.8) is 0 Å². The predicted molar refractivity (Wildman–Crippen MR) is 62.9 cm³/mol. The molecular formula is C11H11F2NO4S. The Kier molecular flexibility index (Phi) is 4.73. The van der Waals surface area contributed by atoms with Gasteiger partial charge in [-0.3, -0.25) is 4.79 Å². The van der Waals surface area contributed by atoms with Crippen LogP contribution in [0.25, 0.3) is 0 Å². The third-order valence-electron chi connectivity index (χ3n) is 2.16. The van der Waals surface area contributed by atoms with Crippen molar-refractivity contribution in [2.75, 3.05) is 13.1 Å². The van der Waals surface area contributed by atoms with Crippen LogP contribution in [0.5, 0.6) is 0 Å². The van der Waals surface area contributed by atoms with E-state index in [-0.39, 0.29) is 6.54 Å². The maximum Gasteiger partial charge on any atom is 0.318 e. The normalized spacial score (nSPS) is 11.5. The van der Waals surface area contributed by atoms with Gasteiger partial charge in [-0.2, -0.15) is 4.31 Å². The van der Waals surface area contributed by atoms with Crippen LogP contribution < -0.4 is 0 Å². The lowest BCUT2D eigenvalue weighted by Crippen LogP contribution is -2.36.